The van der Waals surface area contributed by atoms with E-state index in [0.717, 1.165) is 42.4 Å². The van der Waals surface area contributed by atoms with Gasteiger partial charge in [0.2, 0.25) is 5.91 Å². The molecular weight excluding hydrogens is 455 g/mol. The van der Waals surface area contributed by atoms with E-state index in [9.17, 15) is 14.0 Å². The molecule has 188 valence electrons. The first kappa shape index (κ1) is 25.4. The summed E-state index contributed by atoms with van der Waals surface area (Å²) in [4.78, 5) is 28.8. The van der Waals surface area contributed by atoms with Gasteiger partial charge in [0.25, 0.3) is 5.91 Å². The third kappa shape index (κ3) is 6.94. The fourth-order valence-corrected chi connectivity index (χ4v) is 4.65. The second-order valence-electron chi connectivity index (χ2n) is 9.40. The number of benzene rings is 3. The van der Waals surface area contributed by atoms with Crippen molar-refractivity contribution in [2.75, 3.05) is 6.61 Å². The largest absolute Gasteiger partial charge is 0.484 e. The number of aryl methyl sites for hydroxylation is 1. The smallest absolute Gasteiger partial charge is 0.261 e. The van der Waals surface area contributed by atoms with E-state index in [0.29, 0.717) is 12.2 Å². The second-order valence-corrected chi connectivity index (χ2v) is 9.40. The van der Waals surface area contributed by atoms with Gasteiger partial charge in [-0.15, -0.1) is 0 Å². The molecule has 36 heavy (non-hydrogen) atoms. The molecule has 0 aliphatic heterocycles. The van der Waals surface area contributed by atoms with Crippen LogP contribution >= 0.6 is 0 Å². The summed E-state index contributed by atoms with van der Waals surface area (Å²) in [5, 5.41) is 3.18. The first-order chi connectivity index (χ1) is 17.5. The predicted molar refractivity (Wildman–Crippen MR) is 138 cm³/mol. The maximum Gasteiger partial charge on any atom is 0.261 e. The lowest BCUT2D eigenvalue weighted by molar-refractivity contribution is -0.143. The summed E-state index contributed by atoms with van der Waals surface area (Å²) in [5.41, 5.74) is 2.63. The molecule has 0 aromatic heterocycles. The number of carbonyl (C=O) groups excluding carboxylic acids is 2. The van der Waals surface area contributed by atoms with Crippen LogP contribution in [0.1, 0.15) is 42.4 Å². The van der Waals surface area contributed by atoms with Crippen molar-refractivity contribution in [3.8, 4) is 5.75 Å². The minimum absolute atomic E-state index is 0.127. The van der Waals surface area contributed by atoms with E-state index < -0.39 is 6.04 Å². The maximum atomic E-state index is 13.6. The van der Waals surface area contributed by atoms with Gasteiger partial charge in [-0.1, -0.05) is 73.5 Å². The highest BCUT2D eigenvalue weighted by Crippen LogP contribution is 2.21. The van der Waals surface area contributed by atoms with Crippen molar-refractivity contribution < 1.29 is 18.7 Å². The summed E-state index contributed by atoms with van der Waals surface area (Å²) in [6.07, 6.45) is 4.46. The molecule has 1 fully saturated rings. The van der Waals surface area contributed by atoms with Gasteiger partial charge < -0.3 is 15.0 Å². The Labute approximate surface area is 212 Å². The summed E-state index contributed by atoms with van der Waals surface area (Å²) < 4.78 is 19.4. The van der Waals surface area contributed by atoms with Crippen LogP contribution in [0, 0.1) is 12.7 Å². The number of nitrogens with one attached hydrogen (secondary N) is 1. The average molecular weight is 489 g/mol. The van der Waals surface area contributed by atoms with Crippen LogP contribution in [0.3, 0.4) is 0 Å². The van der Waals surface area contributed by atoms with Crippen LogP contribution in [0.4, 0.5) is 4.39 Å². The molecule has 1 aliphatic rings. The zero-order chi connectivity index (χ0) is 25.3. The number of rotatable bonds is 10. The molecule has 0 heterocycles. The number of nitrogens with zero attached hydrogens (tertiary/aromatic N) is 1. The Bertz CT molecular complexity index is 1140. The van der Waals surface area contributed by atoms with Crippen LogP contribution < -0.4 is 10.1 Å². The van der Waals surface area contributed by atoms with Crippen molar-refractivity contribution in [2.24, 2.45) is 0 Å². The van der Waals surface area contributed by atoms with E-state index in [4.69, 9.17) is 4.74 Å². The molecular formula is C30H33FN2O3. The fraction of sp³-hybridized carbons (Fsp3) is 0.333. The molecule has 2 amide bonds. The summed E-state index contributed by atoms with van der Waals surface area (Å²) in [5.74, 6) is -0.191. The van der Waals surface area contributed by atoms with Crippen LogP contribution in [-0.2, 0) is 22.6 Å². The number of amides is 2. The zero-order valence-corrected chi connectivity index (χ0v) is 20.7. The van der Waals surface area contributed by atoms with Gasteiger partial charge in [-0.25, -0.2) is 4.39 Å². The number of ether oxygens (including phenoxy) is 1. The van der Waals surface area contributed by atoms with Crippen LogP contribution in [0.15, 0.2) is 78.9 Å². The molecule has 3 aromatic rings. The molecule has 1 aliphatic carbocycles. The Morgan fingerprint density at radius 1 is 0.944 bits per heavy atom. The van der Waals surface area contributed by atoms with Crippen LogP contribution in [0.25, 0.3) is 0 Å². The highest BCUT2D eigenvalue weighted by molar-refractivity contribution is 5.88. The number of hydrogen-bond donors (Lipinski definition) is 1. The summed E-state index contributed by atoms with van der Waals surface area (Å²) in [6, 6.07) is 22.6. The molecule has 0 radical (unpaired) electrons. The lowest BCUT2D eigenvalue weighted by Crippen LogP contribution is -2.53. The van der Waals surface area contributed by atoms with Crippen LogP contribution in [0.2, 0.25) is 0 Å². The average Bonchev–Trinajstić information content (AvgIpc) is 3.40. The molecule has 0 unspecified atom stereocenters. The normalized spacial score (nSPS) is 14.3. The van der Waals surface area contributed by atoms with Crippen LogP contribution in [0.5, 0.6) is 5.75 Å². The van der Waals surface area contributed by atoms with Crippen molar-refractivity contribution in [2.45, 2.75) is 57.7 Å². The highest BCUT2D eigenvalue weighted by atomic mass is 19.1. The topological polar surface area (TPSA) is 58.6 Å². The first-order valence-corrected chi connectivity index (χ1v) is 12.6. The van der Waals surface area contributed by atoms with Gasteiger partial charge in [0, 0.05) is 19.0 Å². The number of halogens is 1. The van der Waals surface area contributed by atoms with E-state index in [2.05, 4.69) is 5.32 Å². The van der Waals surface area contributed by atoms with Crippen LogP contribution in [-0.4, -0.2) is 35.4 Å². The summed E-state index contributed by atoms with van der Waals surface area (Å²) >= 11 is 0. The van der Waals surface area contributed by atoms with Crippen molar-refractivity contribution in [3.05, 3.63) is 101 Å². The molecule has 1 saturated carbocycles. The number of carbonyl (C=O) groups is 2. The second kappa shape index (κ2) is 12.3. The maximum absolute atomic E-state index is 13.6. The van der Waals surface area contributed by atoms with Gasteiger partial charge in [0.05, 0.1) is 0 Å². The Balaban J connectivity index is 1.61. The van der Waals surface area contributed by atoms with Gasteiger partial charge in [0.1, 0.15) is 17.6 Å². The van der Waals surface area contributed by atoms with E-state index in [-0.39, 0.29) is 36.8 Å². The molecule has 3 aromatic carbocycles. The third-order valence-corrected chi connectivity index (χ3v) is 6.68. The Morgan fingerprint density at radius 2 is 1.61 bits per heavy atom. The quantitative estimate of drug-likeness (QED) is 0.426. The van der Waals surface area contributed by atoms with Crippen molar-refractivity contribution in [3.63, 3.8) is 0 Å². The molecule has 5 nitrogen and oxygen atoms in total. The Morgan fingerprint density at radius 3 is 2.31 bits per heavy atom. The molecule has 1 N–H and O–H groups in total. The van der Waals surface area contributed by atoms with Gasteiger partial charge in [-0.3, -0.25) is 9.59 Å². The van der Waals surface area contributed by atoms with E-state index >= 15 is 0 Å². The summed E-state index contributed by atoms with van der Waals surface area (Å²) in [6.45, 7) is 1.89. The number of hydrogen-bond acceptors (Lipinski definition) is 3. The van der Waals surface area contributed by atoms with Crippen molar-refractivity contribution in [1.29, 1.82) is 0 Å². The highest BCUT2D eigenvalue weighted by Gasteiger charge is 2.32. The first-order valence-electron chi connectivity index (χ1n) is 12.6. The minimum atomic E-state index is -0.731. The zero-order valence-electron chi connectivity index (χ0n) is 20.7. The number of para-hydroxylation sites is 1. The van der Waals surface area contributed by atoms with Gasteiger partial charge in [-0.05, 0) is 54.7 Å². The lowest BCUT2D eigenvalue weighted by atomic mass is 10.0. The fourth-order valence-electron chi connectivity index (χ4n) is 4.65. The van der Waals surface area contributed by atoms with Gasteiger partial charge in [-0.2, -0.15) is 0 Å². The Kier molecular flexibility index (Phi) is 8.71. The predicted octanol–water partition coefficient (Wildman–Crippen LogP) is 5.21. The SMILES string of the molecule is Cc1ccccc1OCC(=O)N(Cc1ccc(F)cc1)[C@@H](Cc1ccccc1)C(=O)NC1CCCC1. The molecule has 1 atom stereocenters. The third-order valence-electron chi connectivity index (χ3n) is 6.68. The molecule has 4 rings (SSSR count). The lowest BCUT2D eigenvalue weighted by Gasteiger charge is -2.32. The molecule has 0 spiro atoms. The standard InChI is InChI=1S/C30H33FN2O3/c1-22-9-5-8-14-28(22)36-21-29(34)33(20-24-15-17-25(31)18-16-24)27(19-23-10-3-2-4-11-23)30(35)32-26-12-6-7-13-26/h2-5,8-11,14-18,26-27H,6-7,12-13,19-21H2,1H3,(H,32,35)/t27-/m0/s1. The van der Waals surface area contributed by atoms with E-state index in [1.165, 1.54) is 12.1 Å². The van der Waals surface area contributed by atoms with Crippen molar-refractivity contribution >= 4 is 11.8 Å². The van der Waals surface area contributed by atoms with Gasteiger partial charge >= 0.3 is 0 Å². The van der Waals surface area contributed by atoms with Gasteiger partial charge in [0.15, 0.2) is 6.61 Å². The Hall–Kier alpha value is -3.67. The summed E-state index contributed by atoms with van der Waals surface area (Å²) in [7, 11) is 0. The van der Waals surface area contributed by atoms with E-state index in [1.54, 1.807) is 17.0 Å². The molecule has 0 saturated heterocycles. The molecule has 6 heteroatoms. The monoisotopic (exact) mass is 488 g/mol. The minimum Gasteiger partial charge on any atom is -0.484 e. The molecule has 0 bridgehead atoms. The van der Waals surface area contributed by atoms with Crippen molar-refractivity contribution in [1.82, 2.24) is 10.2 Å². The van der Waals surface area contributed by atoms with E-state index in [1.807, 2.05) is 61.5 Å².